The van der Waals surface area contributed by atoms with E-state index in [4.69, 9.17) is 4.99 Å². The van der Waals surface area contributed by atoms with Gasteiger partial charge in [-0.05, 0) is 92.9 Å². The third-order valence-electron chi connectivity index (χ3n) is 8.71. The molecule has 6 nitrogen and oxygen atoms in total. The minimum absolute atomic E-state index is 0.171. The summed E-state index contributed by atoms with van der Waals surface area (Å²) in [4.78, 5) is 28.7. The van der Waals surface area contributed by atoms with Crippen molar-refractivity contribution in [1.82, 2.24) is 0 Å². The number of aryl methyl sites for hydroxylation is 2. The molecule has 52 heavy (non-hydrogen) atoms. The monoisotopic (exact) mass is 701 g/mol. The van der Waals surface area contributed by atoms with Crippen LogP contribution in [0.15, 0.2) is 186 Å². The van der Waals surface area contributed by atoms with Crippen LogP contribution >= 0.6 is 11.8 Å². The SMILES string of the molecule is CSC(=Nc1ccccc1)N(C(=C(N(C)c1ccccc1)N(C(=O)c1ccccc1)c1ccc(C)cc1)N(C)c1ccccc1)c1ccc(C)cc1. The maximum absolute atomic E-state index is 15.2. The molecule has 0 aliphatic carbocycles. The van der Waals surface area contributed by atoms with Crippen LogP contribution in [0.3, 0.4) is 0 Å². The van der Waals surface area contributed by atoms with Gasteiger partial charge >= 0.3 is 0 Å². The van der Waals surface area contributed by atoms with Crippen molar-refractivity contribution in [2.75, 3.05) is 40.0 Å². The van der Waals surface area contributed by atoms with Gasteiger partial charge in [0.2, 0.25) is 0 Å². The highest BCUT2D eigenvalue weighted by atomic mass is 32.2. The number of anilines is 4. The molecule has 0 bridgehead atoms. The summed E-state index contributed by atoms with van der Waals surface area (Å²) in [7, 11) is 4.06. The molecule has 1 amide bonds. The molecule has 0 spiro atoms. The Balaban J connectivity index is 1.79. The molecular weight excluding hydrogens is 659 g/mol. The molecule has 0 radical (unpaired) electrons. The number of hydrogen-bond donors (Lipinski definition) is 0. The topological polar surface area (TPSA) is 42.4 Å². The van der Waals surface area contributed by atoms with Gasteiger partial charge in [-0.25, -0.2) is 4.99 Å². The third kappa shape index (κ3) is 8.12. The van der Waals surface area contributed by atoms with Gasteiger partial charge in [-0.15, -0.1) is 0 Å². The molecule has 260 valence electrons. The van der Waals surface area contributed by atoms with Crippen LogP contribution in [-0.4, -0.2) is 31.4 Å². The number of amides is 1. The minimum Gasteiger partial charge on any atom is -0.327 e. The highest BCUT2D eigenvalue weighted by Gasteiger charge is 2.35. The Morgan fingerprint density at radius 3 is 1.31 bits per heavy atom. The fraction of sp³-hybridized carbons (Fsp3) is 0.111. The number of hydrogen-bond acceptors (Lipinski definition) is 5. The molecule has 0 unspecified atom stereocenters. The van der Waals surface area contributed by atoms with E-state index >= 15 is 4.79 Å². The lowest BCUT2D eigenvalue weighted by atomic mass is 10.1. The molecular formula is C45H43N5OS. The van der Waals surface area contributed by atoms with Gasteiger partial charge in [0, 0.05) is 36.7 Å². The lowest BCUT2D eigenvalue weighted by molar-refractivity contribution is 0.0994. The van der Waals surface area contributed by atoms with E-state index < -0.39 is 0 Å². The van der Waals surface area contributed by atoms with Crippen molar-refractivity contribution >= 4 is 51.3 Å². The number of carbonyl (C=O) groups is 1. The number of para-hydroxylation sites is 3. The largest absolute Gasteiger partial charge is 0.327 e. The summed E-state index contributed by atoms with van der Waals surface area (Å²) in [5.41, 5.74) is 7.08. The van der Waals surface area contributed by atoms with Crippen LogP contribution in [0.1, 0.15) is 21.5 Å². The molecule has 0 aliphatic rings. The average Bonchev–Trinajstić information content (AvgIpc) is 3.20. The highest BCUT2D eigenvalue weighted by molar-refractivity contribution is 8.13. The van der Waals surface area contributed by atoms with Crippen LogP contribution in [0.4, 0.5) is 28.4 Å². The summed E-state index contributed by atoms with van der Waals surface area (Å²) >= 11 is 1.55. The highest BCUT2D eigenvalue weighted by Crippen LogP contribution is 2.37. The van der Waals surface area contributed by atoms with Crippen molar-refractivity contribution in [1.29, 1.82) is 0 Å². The Labute approximate surface area is 312 Å². The summed E-state index contributed by atoms with van der Waals surface area (Å²) < 4.78 is 0. The zero-order valence-electron chi connectivity index (χ0n) is 30.2. The van der Waals surface area contributed by atoms with Gasteiger partial charge in [0.1, 0.15) is 0 Å². The fourth-order valence-corrected chi connectivity index (χ4v) is 6.48. The van der Waals surface area contributed by atoms with Gasteiger partial charge in [-0.3, -0.25) is 14.6 Å². The number of amidine groups is 1. The van der Waals surface area contributed by atoms with Crippen molar-refractivity contribution in [3.8, 4) is 0 Å². The summed E-state index contributed by atoms with van der Waals surface area (Å²) in [6, 6.07) is 56.4. The molecule has 0 aromatic heterocycles. The van der Waals surface area contributed by atoms with Crippen LogP contribution < -0.4 is 19.6 Å². The van der Waals surface area contributed by atoms with E-state index in [1.165, 1.54) is 0 Å². The maximum atomic E-state index is 15.2. The summed E-state index contributed by atoms with van der Waals surface area (Å²) in [6.07, 6.45) is 2.04. The van der Waals surface area contributed by atoms with Gasteiger partial charge in [0.05, 0.1) is 11.4 Å². The summed E-state index contributed by atoms with van der Waals surface area (Å²) in [5, 5.41) is 0.725. The lowest BCUT2D eigenvalue weighted by Crippen LogP contribution is -2.47. The first-order valence-corrected chi connectivity index (χ1v) is 18.4. The van der Waals surface area contributed by atoms with E-state index in [9.17, 15) is 0 Å². The molecule has 0 atom stereocenters. The van der Waals surface area contributed by atoms with Crippen molar-refractivity contribution in [2.45, 2.75) is 13.8 Å². The van der Waals surface area contributed by atoms with Crippen LogP contribution in [0.5, 0.6) is 0 Å². The van der Waals surface area contributed by atoms with Crippen LogP contribution in [-0.2, 0) is 0 Å². The normalized spacial score (nSPS) is 11.8. The number of aliphatic imine (C=N–C) groups is 1. The van der Waals surface area contributed by atoms with Gasteiger partial charge < -0.3 is 9.80 Å². The Hall–Kier alpha value is -6.05. The van der Waals surface area contributed by atoms with Crippen LogP contribution in [0.25, 0.3) is 0 Å². The lowest BCUT2D eigenvalue weighted by Gasteiger charge is -2.41. The minimum atomic E-state index is -0.171. The van der Waals surface area contributed by atoms with Crippen molar-refractivity contribution in [3.05, 3.63) is 198 Å². The number of rotatable bonds is 10. The fourth-order valence-electron chi connectivity index (χ4n) is 5.90. The molecule has 6 aromatic carbocycles. The number of thioether (sulfide) groups is 1. The standard InChI is InChI=1S/C45H43N5OS/c1-34-26-30-40(31-27-34)49(44(51)36-18-10-6-11-19-36)42(47(3)38-22-14-8-15-23-38)43(48(4)39-24-16-9-17-25-39)50(41-32-28-35(2)29-33-41)45(52-5)46-37-20-12-7-13-21-37/h6-33H,1-5H3. The second-order valence-electron chi connectivity index (χ2n) is 12.4. The smallest absolute Gasteiger partial charge is 0.264 e. The second-order valence-corrected chi connectivity index (χ2v) is 13.2. The Kier molecular flexibility index (Phi) is 11.5. The second kappa shape index (κ2) is 16.8. The first kappa shape index (κ1) is 35.8. The average molecular weight is 702 g/mol. The Morgan fingerprint density at radius 2 is 0.865 bits per heavy atom. The molecule has 6 rings (SSSR count). The predicted molar refractivity (Wildman–Crippen MR) is 222 cm³/mol. The van der Waals surface area contributed by atoms with Gasteiger partial charge in [0.25, 0.3) is 5.91 Å². The maximum Gasteiger partial charge on any atom is 0.264 e. The number of nitrogens with zero attached hydrogens (tertiary/aromatic N) is 5. The summed E-state index contributed by atoms with van der Waals surface area (Å²) in [5.74, 6) is 1.18. The van der Waals surface area contributed by atoms with E-state index in [2.05, 4.69) is 77.1 Å². The molecule has 0 fully saturated rings. The van der Waals surface area contributed by atoms with Gasteiger partial charge in [-0.1, -0.05) is 120 Å². The zero-order valence-corrected chi connectivity index (χ0v) is 31.0. The van der Waals surface area contributed by atoms with E-state index in [0.717, 1.165) is 50.6 Å². The van der Waals surface area contributed by atoms with E-state index in [0.29, 0.717) is 11.4 Å². The quantitative estimate of drug-likeness (QED) is 0.105. The Morgan fingerprint density at radius 1 is 0.481 bits per heavy atom. The van der Waals surface area contributed by atoms with Crippen LogP contribution in [0.2, 0.25) is 0 Å². The molecule has 0 saturated heterocycles. The number of carbonyl (C=O) groups excluding carboxylic acids is 1. The third-order valence-corrected chi connectivity index (χ3v) is 9.35. The van der Waals surface area contributed by atoms with E-state index in [-0.39, 0.29) is 5.91 Å². The predicted octanol–water partition coefficient (Wildman–Crippen LogP) is 10.9. The molecule has 0 N–H and O–H groups in total. The van der Waals surface area contributed by atoms with Crippen molar-refractivity contribution in [2.24, 2.45) is 4.99 Å². The molecule has 7 heteroatoms. The molecule has 6 aromatic rings. The first-order valence-electron chi connectivity index (χ1n) is 17.2. The van der Waals surface area contributed by atoms with Crippen LogP contribution in [0, 0.1) is 13.8 Å². The van der Waals surface area contributed by atoms with Gasteiger partial charge in [-0.2, -0.15) is 0 Å². The first-order chi connectivity index (χ1) is 25.4. The zero-order chi connectivity index (χ0) is 36.5. The summed E-state index contributed by atoms with van der Waals surface area (Å²) in [6.45, 7) is 4.14. The van der Waals surface area contributed by atoms with E-state index in [1.807, 2.05) is 147 Å². The van der Waals surface area contributed by atoms with Gasteiger partial charge in [0.15, 0.2) is 16.8 Å². The molecule has 0 aliphatic heterocycles. The van der Waals surface area contributed by atoms with Crippen molar-refractivity contribution in [3.63, 3.8) is 0 Å². The Bertz CT molecular complexity index is 2120. The van der Waals surface area contributed by atoms with Crippen molar-refractivity contribution < 1.29 is 4.79 Å². The number of benzene rings is 6. The molecule has 0 saturated carbocycles. The molecule has 0 heterocycles. The van der Waals surface area contributed by atoms with E-state index in [1.54, 1.807) is 11.8 Å².